The van der Waals surface area contributed by atoms with Crippen LogP contribution in [0.5, 0.6) is 0 Å². The van der Waals surface area contributed by atoms with Gasteiger partial charge in [-0.3, -0.25) is 10.4 Å². The molecule has 0 fully saturated rings. The van der Waals surface area contributed by atoms with Gasteiger partial charge in [0.05, 0.1) is 0 Å². The van der Waals surface area contributed by atoms with Gasteiger partial charge in [0.2, 0.25) is 5.96 Å². The first-order chi connectivity index (χ1) is 6.05. The minimum atomic E-state index is 0.0507. The van der Waals surface area contributed by atoms with E-state index in [0.717, 1.165) is 19.4 Å². The van der Waals surface area contributed by atoms with Crippen molar-refractivity contribution >= 4 is 5.96 Å². The second kappa shape index (κ2) is 5.80. The summed E-state index contributed by atoms with van der Waals surface area (Å²) in [5, 5.41) is 3.26. The monoisotopic (exact) mass is 186 g/mol. The Morgan fingerprint density at radius 1 is 1.38 bits per heavy atom. The Hall–Kier alpha value is -0.770. The van der Waals surface area contributed by atoms with Gasteiger partial charge in [0, 0.05) is 12.1 Å². The number of hydrogen-bond acceptors (Lipinski definition) is 2. The number of guanidine groups is 1. The molecule has 4 heteroatoms. The maximum Gasteiger partial charge on any atom is 0.206 e. The van der Waals surface area contributed by atoms with Gasteiger partial charge in [-0.2, -0.15) is 0 Å². The van der Waals surface area contributed by atoms with Gasteiger partial charge in [0.25, 0.3) is 0 Å². The molecule has 4 N–H and O–H groups in total. The fraction of sp³-hybridized carbons (Fsp3) is 0.889. The maximum absolute atomic E-state index is 5.32. The van der Waals surface area contributed by atoms with Crippen molar-refractivity contribution in [2.24, 2.45) is 10.8 Å². The van der Waals surface area contributed by atoms with Crippen LogP contribution in [0.4, 0.5) is 0 Å². The largest absolute Gasteiger partial charge is 0.350 e. The van der Waals surface area contributed by atoms with Crippen LogP contribution in [0, 0.1) is 0 Å². The van der Waals surface area contributed by atoms with Crippen LogP contribution in [0.25, 0.3) is 0 Å². The fourth-order valence-electron chi connectivity index (χ4n) is 1.29. The number of rotatable bonds is 4. The van der Waals surface area contributed by atoms with E-state index < -0.39 is 0 Å². The predicted molar refractivity (Wildman–Crippen MR) is 57.4 cm³/mol. The van der Waals surface area contributed by atoms with Crippen molar-refractivity contribution in [3.8, 4) is 0 Å². The van der Waals surface area contributed by atoms with E-state index in [-0.39, 0.29) is 5.54 Å². The first kappa shape index (κ1) is 12.2. The molecule has 0 aliphatic rings. The molecule has 0 aliphatic carbocycles. The third-order valence-corrected chi connectivity index (χ3v) is 1.78. The van der Waals surface area contributed by atoms with Crippen LogP contribution in [-0.4, -0.2) is 18.0 Å². The van der Waals surface area contributed by atoms with E-state index in [4.69, 9.17) is 5.84 Å². The Labute approximate surface area is 81.0 Å². The van der Waals surface area contributed by atoms with Gasteiger partial charge in [0.15, 0.2) is 0 Å². The summed E-state index contributed by atoms with van der Waals surface area (Å²) in [5.41, 5.74) is 2.61. The molecule has 0 atom stereocenters. The van der Waals surface area contributed by atoms with Crippen LogP contribution in [0.2, 0.25) is 0 Å². The Balaban J connectivity index is 4.13. The zero-order valence-electron chi connectivity index (χ0n) is 9.15. The van der Waals surface area contributed by atoms with E-state index >= 15 is 0 Å². The average molecular weight is 186 g/mol. The summed E-state index contributed by atoms with van der Waals surface area (Å²) in [5.74, 6) is 5.99. The molecule has 13 heavy (non-hydrogen) atoms. The number of nitrogens with two attached hydrogens (primary N) is 1. The molecule has 0 rings (SSSR count). The molecule has 0 saturated carbocycles. The minimum absolute atomic E-state index is 0.0507. The zero-order chi connectivity index (χ0) is 10.3. The lowest BCUT2D eigenvalue weighted by atomic mass is 9.99. The van der Waals surface area contributed by atoms with Crippen molar-refractivity contribution in [2.75, 3.05) is 6.54 Å². The van der Waals surface area contributed by atoms with Crippen molar-refractivity contribution in [3.63, 3.8) is 0 Å². The van der Waals surface area contributed by atoms with Crippen molar-refractivity contribution in [1.29, 1.82) is 0 Å². The molecule has 78 valence electrons. The second-order valence-electron chi connectivity index (χ2n) is 3.73. The number of hydrazine groups is 1. The van der Waals surface area contributed by atoms with Crippen LogP contribution in [0.1, 0.15) is 40.5 Å². The molecule has 4 nitrogen and oxygen atoms in total. The predicted octanol–water partition coefficient (Wildman–Crippen LogP) is 0.994. The van der Waals surface area contributed by atoms with Crippen molar-refractivity contribution in [1.82, 2.24) is 10.7 Å². The summed E-state index contributed by atoms with van der Waals surface area (Å²) in [7, 11) is 0. The number of nitrogens with one attached hydrogen (secondary N) is 2. The lowest BCUT2D eigenvalue weighted by molar-refractivity contribution is 0.414. The summed E-state index contributed by atoms with van der Waals surface area (Å²) in [6.07, 6.45) is 2.24. The van der Waals surface area contributed by atoms with Gasteiger partial charge in [-0.25, -0.2) is 5.84 Å². The highest BCUT2D eigenvalue weighted by molar-refractivity contribution is 5.79. The highest BCUT2D eigenvalue weighted by atomic mass is 15.3. The molecule has 0 saturated heterocycles. The normalized spacial score (nSPS) is 12.8. The summed E-state index contributed by atoms with van der Waals surface area (Å²) >= 11 is 0. The first-order valence-corrected chi connectivity index (χ1v) is 4.85. The highest BCUT2D eigenvalue weighted by Gasteiger charge is 2.16. The van der Waals surface area contributed by atoms with Gasteiger partial charge in [0.1, 0.15) is 0 Å². The molecule has 0 heterocycles. The standard InChI is InChI=1S/C9H22N4/c1-5-7-9(3,4)12-8(13-10)11-6-2/h5-7,10H2,1-4H3,(H2,11,12,13). The van der Waals surface area contributed by atoms with E-state index in [9.17, 15) is 0 Å². The molecule has 0 spiro atoms. The molecule has 0 aromatic rings. The quantitative estimate of drug-likeness (QED) is 0.265. The third-order valence-electron chi connectivity index (χ3n) is 1.78. The van der Waals surface area contributed by atoms with E-state index in [1.807, 2.05) is 6.92 Å². The van der Waals surface area contributed by atoms with E-state index in [0.29, 0.717) is 5.96 Å². The lowest BCUT2D eigenvalue weighted by Gasteiger charge is -2.27. The lowest BCUT2D eigenvalue weighted by Crippen LogP contribution is -2.51. The Morgan fingerprint density at radius 2 is 2.00 bits per heavy atom. The summed E-state index contributed by atoms with van der Waals surface area (Å²) in [6, 6.07) is 0. The third kappa shape index (κ3) is 5.47. The smallest absolute Gasteiger partial charge is 0.206 e. The van der Waals surface area contributed by atoms with E-state index in [1.165, 1.54) is 0 Å². The highest BCUT2D eigenvalue weighted by Crippen LogP contribution is 2.09. The number of nitrogens with zero attached hydrogens (tertiary/aromatic N) is 1. The topological polar surface area (TPSA) is 62.4 Å². The molecule has 0 amide bonds. The van der Waals surface area contributed by atoms with Gasteiger partial charge in [-0.05, 0) is 27.2 Å². The Morgan fingerprint density at radius 3 is 2.38 bits per heavy atom. The van der Waals surface area contributed by atoms with Crippen LogP contribution in [-0.2, 0) is 0 Å². The van der Waals surface area contributed by atoms with Crippen LogP contribution < -0.4 is 16.6 Å². The second-order valence-corrected chi connectivity index (χ2v) is 3.73. The zero-order valence-corrected chi connectivity index (χ0v) is 9.15. The molecular weight excluding hydrogens is 164 g/mol. The van der Waals surface area contributed by atoms with E-state index in [2.05, 4.69) is 36.5 Å². The Kier molecular flexibility index (Phi) is 5.46. The van der Waals surface area contributed by atoms with Gasteiger partial charge >= 0.3 is 0 Å². The SMILES string of the molecule is CCCC(C)(C)NC(=NCC)NN. The molecule has 0 radical (unpaired) electrons. The van der Waals surface area contributed by atoms with E-state index in [1.54, 1.807) is 0 Å². The Bertz CT molecular complexity index is 163. The van der Waals surface area contributed by atoms with Crippen LogP contribution >= 0.6 is 0 Å². The van der Waals surface area contributed by atoms with Crippen molar-refractivity contribution < 1.29 is 0 Å². The average Bonchev–Trinajstić information content (AvgIpc) is 2.03. The molecule has 0 aliphatic heterocycles. The van der Waals surface area contributed by atoms with Crippen LogP contribution in [0.3, 0.4) is 0 Å². The maximum atomic E-state index is 5.32. The molecular formula is C9H22N4. The molecule has 0 aromatic carbocycles. The fourth-order valence-corrected chi connectivity index (χ4v) is 1.29. The van der Waals surface area contributed by atoms with Gasteiger partial charge < -0.3 is 5.32 Å². The van der Waals surface area contributed by atoms with Gasteiger partial charge in [-0.1, -0.05) is 13.3 Å². The number of aliphatic imine (C=N–C) groups is 1. The van der Waals surface area contributed by atoms with Crippen LogP contribution in [0.15, 0.2) is 4.99 Å². The molecule has 0 aromatic heterocycles. The summed E-state index contributed by atoms with van der Waals surface area (Å²) < 4.78 is 0. The minimum Gasteiger partial charge on any atom is -0.350 e. The number of hydrogen-bond donors (Lipinski definition) is 3. The summed E-state index contributed by atoms with van der Waals surface area (Å²) in [4.78, 5) is 4.18. The van der Waals surface area contributed by atoms with Crippen molar-refractivity contribution in [2.45, 2.75) is 46.1 Å². The molecule has 0 unspecified atom stereocenters. The summed E-state index contributed by atoms with van der Waals surface area (Å²) in [6.45, 7) is 9.15. The molecule has 0 bridgehead atoms. The van der Waals surface area contributed by atoms with Gasteiger partial charge in [-0.15, -0.1) is 0 Å². The first-order valence-electron chi connectivity index (χ1n) is 4.85. The van der Waals surface area contributed by atoms with Crippen molar-refractivity contribution in [3.05, 3.63) is 0 Å².